The highest BCUT2D eigenvalue weighted by molar-refractivity contribution is 7.92. The molecule has 13 heteroatoms. The minimum atomic E-state index is -3.92. The third kappa shape index (κ3) is 9.13. The lowest BCUT2D eigenvalue weighted by Gasteiger charge is -2.34. The zero-order chi connectivity index (χ0) is 36.0. The van der Waals surface area contributed by atoms with Gasteiger partial charge in [-0.25, -0.2) is 8.42 Å². The number of nitrogens with one attached hydrogen (secondary N) is 2. The van der Waals surface area contributed by atoms with Gasteiger partial charge in [-0.1, -0.05) is 42.8 Å². The van der Waals surface area contributed by atoms with Gasteiger partial charge < -0.3 is 25.8 Å². The number of aliphatic hydroxyl groups excluding tert-OH is 1. The summed E-state index contributed by atoms with van der Waals surface area (Å²) in [6.07, 6.45) is -0.404. The number of carbonyl (C=O) groups is 2. The summed E-state index contributed by atoms with van der Waals surface area (Å²) in [5.41, 5.74) is 9.30. The van der Waals surface area contributed by atoms with Crippen LogP contribution in [0.25, 0.3) is 0 Å². The number of para-hydroxylation sites is 2. The van der Waals surface area contributed by atoms with Gasteiger partial charge in [-0.2, -0.15) is 0 Å². The average molecular weight is 720 g/mol. The van der Waals surface area contributed by atoms with Crippen LogP contribution >= 0.6 is 11.6 Å². The van der Waals surface area contributed by atoms with Gasteiger partial charge in [-0.05, 0) is 86.3 Å². The first-order valence-corrected chi connectivity index (χ1v) is 18.1. The Balaban J connectivity index is 1.33. The van der Waals surface area contributed by atoms with E-state index in [9.17, 15) is 23.1 Å². The first-order chi connectivity index (χ1) is 23.8. The summed E-state index contributed by atoms with van der Waals surface area (Å²) in [6.45, 7) is 5.02. The molecule has 0 saturated heterocycles. The molecular formula is C37H42ClN5O6S. The highest BCUT2D eigenvalue weighted by Gasteiger charge is 2.31. The Hall–Kier alpha value is -4.62. The van der Waals surface area contributed by atoms with Gasteiger partial charge >= 0.3 is 0 Å². The van der Waals surface area contributed by atoms with Crippen molar-refractivity contribution in [2.24, 2.45) is 5.92 Å². The predicted molar refractivity (Wildman–Crippen MR) is 196 cm³/mol. The second kappa shape index (κ2) is 15.9. The Kier molecular flexibility index (Phi) is 11.7. The smallest absolute Gasteiger partial charge is 0.261 e. The average Bonchev–Trinajstić information content (AvgIpc) is 3.12. The summed E-state index contributed by atoms with van der Waals surface area (Å²) in [5.74, 6) is -0.104. The van der Waals surface area contributed by atoms with E-state index in [4.69, 9.17) is 22.1 Å². The van der Waals surface area contributed by atoms with E-state index in [-0.39, 0.29) is 47.4 Å². The fraction of sp³-hybridized carbons (Fsp3) is 0.297. The molecule has 0 fully saturated rings. The molecule has 4 aromatic carbocycles. The minimum Gasteiger partial charge on any atom is -0.488 e. The fourth-order valence-corrected chi connectivity index (χ4v) is 6.96. The van der Waals surface area contributed by atoms with E-state index in [1.165, 1.54) is 24.3 Å². The van der Waals surface area contributed by atoms with E-state index < -0.39 is 16.1 Å². The SMILES string of the molecule is C[C@H](CO)N1C[C@H](C)[C@@H](CN(C)Cc2ccc(C(=O)Nc3ccccc3N)cc2)Oc2ccc(NS(=O)(=O)c3ccc(Cl)cc3)cc2CC1=O. The van der Waals surface area contributed by atoms with Gasteiger partial charge in [-0.15, -0.1) is 0 Å². The van der Waals surface area contributed by atoms with Gasteiger partial charge in [0.05, 0.1) is 35.3 Å². The molecule has 1 aliphatic rings. The van der Waals surface area contributed by atoms with Gasteiger partial charge in [-0.3, -0.25) is 19.2 Å². The number of nitrogens with two attached hydrogens (primary N) is 1. The van der Waals surface area contributed by atoms with Crippen LogP contribution in [0.1, 0.15) is 35.3 Å². The molecule has 5 rings (SSSR count). The molecule has 1 heterocycles. The van der Waals surface area contributed by atoms with Crippen LogP contribution in [0, 0.1) is 5.92 Å². The summed E-state index contributed by atoms with van der Waals surface area (Å²) in [7, 11) is -1.95. The van der Waals surface area contributed by atoms with Crippen molar-refractivity contribution in [3.8, 4) is 5.75 Å². The van der Waals surface area contributed by atoms with E-state index in [2.05, 4.69) is 14.9 Å². The number of benzene rings is 4. The Labute approximate surface area is 298 Å². The van der Waals surface area contributed by atoms with Gasteiger partial charge in [0.2, 0.25) is 5.91 Å². The van der Waals surface area contributed by atoms with Crippen molar-refractivity contribution in [2.75, 3.05) is 42.5 Å². The zero-order valence-electron chi connectivity index (χ0n) is 28.2. The third-order valence-electron chi connectivity index (χ3n) is 8.66. The van der Waals surface area contributed by atoms with Crippen molar-refractivity contribution in [3.63, 3.8) is 0 Å². The number of hydrogen-bond donors (Lipinski definition) is 4. The van der Waals surface area contributed by atoms with Crippen molar-refractivity contribution in [3.05, 3.63) is 113 Å². The molecule has 0 aliphatic carbocycles. The molecule has 4 aromatic rings. The number of nitrogen functional groups attached to an aromatic ring is 1. The predicted octanol–water partition coefficient (Wildman–Crippen LogP) is 5.26. The molecule has 264 valence electrons. The summed E-state index contributed by atoms with van der Waals surface area (Å²) >= 11 is 5.94. The minimum absolute atomic E-state index is 0.0394. The molecule has 11 nitrogen and oxygen atoms in total. The number of aliphatic hydroxyl groups is 1. The number of fused-ring (bicyclic) bond motifs is 1. The number of ether oxygens (including phenoxy) is 1. The van der Waals surface area contributed by atoms with Gasteiger partial charge in [0.15, 0.2) is 0 Å². The Bertz CT molecular complexity index is 1920. The van der Waals surface area contributed by atoms with Crippen molar-refractivity contribution in [1.29, 1.82) is 0 Å². The molecular weight excluding hydrogens is 678 g/mol. The molecule has 0 spiro atoms. The fourth-order valence-electron chi connectivity index (χ4n) is 5.79. The largest absolute Gasteiger partial charge is 0.488 e. The number of hydrogen-bond acceptors (Lipinski definition) is 8. The van der Waals surface area contributed by atoms with Crippen LogP contribution in [0.5, 0.6) is 5.75 Å². The molecule has 0 saturated carbocycles. The summed E-state index contributed by atoms with van der Waals surface area (Å²) in [4.78, 5) is 30.2. The molecule has 5 N–H and O–H groups in total. The number of halogens is 1. The van der Waals surface area contributed by atoms with Gasteiger partial charge in [0.1, 0.15) is 11.9 Å². The number of carbonyl (C=O) groups excluding carboxylic acids is 2. The molecule has 2 amide bonds. The van der Waals surface area contributed by atoms with Crippen LogP contribution in [0.15, 0.2) is 95.9 Å². The standard InChI is InChI=1S/C37H42ClN5O6S/c1-24-20-43(25(2)23-44)36(45)19-28-18-30(41-50(47,48)31-15-12-29(38)13-16-31)14-17-34(28)49-35(24)22-42(3)21-26-8-10-27(11-9-26)37(46)40-33-7-5-4-6-32(33)39/h4-18,24-25,35,41,44H,19-23,39H2,1-3H3,(H,40,46)/t24-,25+,35+/m0/s1. The highest BCUT2D eigenvalue weighted by atomic mass is 35.5. The van der Waals surface area contributed by atoms with Crippen LogP contribution in [-0.2, 0) is 27.8 Å². The Morgan fingerprint density at radius 1 is 1.08 bits per heavy atom. The first-order valence-electron chi connectivity index (χ1n) is 16.2. The van der Waals surface area contributed by atoms with Crippen LogP contribution in [0.4, 0.5) is 17.1 Å². The van der Waals surface area contributed by atoms with Crippen molar-refractivity contribution in [1.82, 2.24) is 9.80 Å². The monoisotopic (exact) mass is 719 g/mol. The molecule has 1 aliphatic heterocycles. The topological polar surface area (TPSA) is 154 Å². The maximum atomic E-state index is 13.6. The lowest BCUT2D eigenvalue weighted by Crippen LogP contribution is -2.47. The molecule has 3 atom stereocenters. The van der Waals surface area contributed by atoms with E-state index in [1.807, 2.05) is 26.1 Å². The summed E-state index contributed by atoms with van der Waals surface area (Å²) in [6, 6.07) is 24.7. The number of anilines is 3. The maximum absolute atomic E-state index is 13.6. The summed E-state index contributed by atoms with van der Waals surface area (Å²) in [5, 5.41) is 13.2. The highest BCUT2D eigenvalue weighted by Crippen LogP contribution is 2.30. The van der Waals surface area contributed by atoms with Crippen molar-refractivity contribution in [2.45, 2.75) is 43.9 Å². The second-order valence-corrected chi connectivity index (χ2v) is 14.8. The number of amides is 2. The van der Waals surface area contributed by atoms with E-state index in [0.29, 0.717) is 52.9 Å². The molecule has 0 bridgehead atoms. The first kappa shape index (κ1) is 36.7. The van der Waals surface area contributed by atoms with Crippen LogP contribution in [0.2, 0.25) is 5.02 Å². The van der Waals surface area contributed by atoms with Crippen LogP contribution in [-0.4, -0.2) is 74.0 Å². The van der Waals surface area contributed by atoms with Crippen LogP contribution in [0.3, 0.4) is 0 Å². The van der Waals surface area contributed by atoms with E-state index >= 15 is 0 Å². The molecule has 0 unspecified atom stereocenters. The van der Waals surface area contributed by atoms with E-state index in [0.717, 1.165) is 5.56 Å². The second-order valence-electron chi connectivity index (χ2n) is 12.7. The maximum Gasteiger partial charge on any atom is 0.261 e. The van der Waals surface area contributed by atoms with Gasteiger partial charge in [0.25, 0.3) is 15.9 Å². The quantitative estimate of drug-likeness (QED) is 0.153. The molecule has 0 radical (unpaired) electrons. The number of sulfonamides is 1. The van der Waals surface area contributed by atoms with Crippen molar-refractivity contribution >= 4 is 50.5 Å². The molecule has 50 heavy (non-hydrogen) atoms. The third-order valence-corrected chi connectivity index (χ3v) is 10.3. The Morgan fingerprint density at radius 2 is 1.78 bits per heavy atom. The normalized spacial score (nSPS) is 17.2. The number of likely N-dealkylation sites (N-methyl/N-ethyl adjacent to an activating group) is 1. The summed E-state index contributed by atoms with van der Waals surface area (Å²) < 4.78 is 35.4. The van der Waals surface area contributed by atoms with Gasteiger partial charge in [0, 0.05) is 47.4 Å². The number of nitrogens with zero attached hydrogens (tertiary/aromatic N) is 2. The van der Waals surface area contributed by atoms with Crippen molar-refractivity contribution < 1.29 is 27.9 Å². The Morgan fingerprint density at radius 3 is 2.46 bits per heavy atom. The molecule has 0 aromatic heterocycles. The van der Waals surface area contributed by atoms with Crippen LogP contribution < -0.4 is 20.5 Å². The lowest BCUT2D eigenvalue weighted by atomic mass is 10.0. The zero-order valence-corrected chi connectivity index (χ0v) is 29.7. The van der Waals surface area contributed by atoms with E-state index in [1.54, 1.807) is 66.4 Å². The lowest BCUT2D eigenvalue weighted by molar-refractivity contribution is -0.134. The number of rotatable bonds is 11.